The zero-order valence-corrected chi connectivity index (χ0v) is 19.9. The number of likely N-dealkylation sites (tertiary alicyclic amines) is 2. The second-order valence-corrected chi connectivity index (χ2v) is 9.62. The molecule has 3 fully saturated rings. The molecule has 11 heteroatoms. The maximum atomic E-state index is 12.0. The molecule has 0 aliphatic carbocycles. The highest BCUT2D eigenvalue weighted by atomic mass is 16.5. The number of nitriles is 1. The number of ether oxygens (including phenoxy) is 1. The highest BCUT2D eigenvalue weighted by molar-refractivity contribution is 5.87. The molecule has 5 rings (SSSR count). The summed E-state index contributed by atoms with van der Waals surface area (Å²) in [6.07, 6.45) is 5.99. The van der Waals surface area contributed by atoms with E-state index < -0.39 is 0 Å². The Balaban J connectivity index is 1.46. The molecule has 5 heterocycles. The van der Waals surface area contributed by atoms with E-state index in [1.807, 2.05) is 0 Å². The van der Waals surface area contributed by atoms with Gasteiger partial charge in [0.2, 0.25) is 11.9 Å². The SMILES string of the molecule is C=CC(=O)N1CC2(CCN(c3nc(OC[C@@H]4CCCN4C)nc(-c4ccnc(N)n4)c3C#N)C2)C1. The van der Waals surface area contributed by atoms with Gasteiger partial charge in [-0.25, -0.2) is 9.97 Å². The van der Waals surface area contributed by atoms with Crippen molar-refractivity contribution in [2.75, 3.05) is 57.0 Å². The first-order valence-corrected chi connectivity index (χ1v) is 11.8. The topological polar surface area (TPSA) is 137 Å². The van der Waals surface area contributed by atoms with Crippen molar-refractivity contribution in [3.05, 3.63) is 30.5 Å². The molecule has 11 nitrogen and oxygen atoms in total. The van der Waals surface area contributed by atoms with Crippen molar-refractivity contribution in [2.24, 2.45) is 5.41 Å². The summed E-state index contributed by atoms with van der Waals surface area (Å²) in [6.45, 7) is 7.85. The molecule has 0 bridgehead atoms. The summed E-state index contributed by atoms with van der Waals surface area (Å²) in [6, 6.07) is 4.47. The molecule has 1 atom stereocenters. The van der Waals surface area contributed by atoms with Crippen LogP contribution in [-0.2, 0) is 4.79 Å². The van der Waals surface area contributed by atoms with Crippen LogP contribution < -0.4 is 15.4 Å². The Morgan fingerprint density at radius 1 is 1.34 bits per heavy atom. The van der Waals surface area contributed by atoms with Gasteiger partial charge in [0.15, 0.2) is 5.82 Å². The van der Waals surface area contributed by atoms with Crippen LogP contribution in [0.5, 0.6) is 6.01 Å². The molecule has 35 heavy (non-hydrogen) atoms. The first-order valence-electron chi connectivity index (χ1n) is 11.8. The van der Waals surface area contributed by atoms with Crippen molar-refractivity contribution in [3.8, 4) is 23.5 Å². The van der Waals surface area contributed by atoms with E-state index >= 15 is 0 Å². The first kappa shape index (κ1) is 23.0. The van der Waals surface area contributed by atoms with Crippen LogP contribution in [0.4, 0.5) is 11.8 Å². The summed E-state index contributed by atoms with van der Waals surface area (Å²) < 4.78 is 6.07. The molecular weight excluding hydrogens is 446 g/mol. The monoisotopic (exact) mass is 475 g/mol. The number of likely N-dealkylation sites (N-methyl/N-ethyl adjacent to an activating group) is 1. The lowest BCUT2D eigenvalue weighted by Crippen LogP contribution is -2.59. The number of amides is 1. The van der Waals surface area contributed by atoms with E-state index in [2.05, 4.69) is 44.4 Å². The summed E-state index contributed by atoms with van der Waals surface area (Å²) in [7, 11) is 2.09. The van der Waals surface area contributed by atoms with Crippen LogP contribution in [0, 0.1) is 16.7 Å². The number of nitrogens with two attached hydrogens (primary N) is 1. The molecule has 2 aromatic rings. The lowest BCUT2D eigenvalue weighted by Gasteiger charge is -2.47. The highest BCUT2D eigenvalue weighted by Gasteiger charge is 2.49. The molecular formula is C24H29N9O2. The lowest BCUT2D eigenvalue weighted by molar-refractivity contribution is -0.136. The molecule has 0 unspecified atom stereocenters. The molecule has 1 spiro atoms. The minimum absolute atomic E-state index is 0.0105. The minimum atomic E-state index is -0.0509. The number of hydrogen-bond acceptors (Lipinski definition) is 10. The predicted molar refractivity (Wildman–Crippen MR) is 129 cm³/mol. The molecule has 3 aliphatic heterocycles. The molecule has 2 aromatic heterocycles. The van der Waals surface area contributed by atoms with Gasteiger partial charge in [-0.2, -0.15) is 15.2 Å². The summed E-state index contributed by atoms with van der Waals surface area (Å²) in [5, 5.41) is 10.1. The predicted octanol–water partition coefficient (Wildman–Crippen LogP) is 1.09. The number of hydrogen-bond donors (Lipinski definition) is 1. The van der Waals surface area contributed by atoms with Gasteiger partial charge in [-0.15, -0.1) is 0 Å². The van der Waals surface area contributed by atoms with Crippen molar-refractivity contribution in [3.63, 3.8) is 0 Å². The second-order valence-electron chi connectivity index (χ2n) is 9.62. The average Bonchev–Trinajstić information content (AvgIpc) is 3.47. The fourth-order valence-electron chi connectivity index (χ4n) is 5.30. The van der Waals surface area contributed by atoms with Gasteiger partial charge in [0.05, 0.1) is 5.69 Å². The van der Waals surface area contributed by atoms with Gasteiger partial charge >= 0.3 is 6.01 Å². The molecule has 0 aromatic carbocycles. The Labute approximate surface area is 204 Å². The van der Waals surface area contributed by atoms with Crippen LogP contribution in [-0.4, -0.2) is 88.1 Å². The van der Waals surface area contributed by atoms with Crippen LogP contribution in [0.1, 0.15) is 24.8 Å². The number of rotatable bonds is 6. The lowest BCUT2D eigenvalue weighted by atomic mass is 9.79. The largest absolute Gasteiger partial charge is 0.462 e. The normalized spacial score (nSPS) is 21.1. The summed E-state index contributed by atoms with van der Waals surface area (Å²) in [5.41, 5.74) is 6.95. The van der Waals surface area contributed by atoms with Crippen molar-refractivity contribution in [2.45, 2.75) is 25.3 Å². The molecule has 2 N–H and O–H groups in total. The smallest absolute Gasteiger partial charge is 0.319 e. The van der Waals surface area contributed by atoms with E-state index in [4.69, 9.17) is 15.5 Å². The summed E-state index contributed by atoms with van der Waals surface area (Å²) in [5.74, 6) is 0.572. The highest BCUT2D eigenvalue weighted by Crippen LogP contribution is 2.42. The van der Waals surface area contributed by atoms with E-state index in [9.17, 15) is 10.1 Å². The fourth-order valence-corrected chi connectivity index (χ4v) is 5.30. The third-order valence-electron chi connectivity index (χ3n) is 7.25. The zero-order chi connectivity index (χ0) is 24.6. The minimum Gasteiger partial charge on any atom is -0.462 e. The van der Waals surface area contributed by atoms with Gasteiger partial charge in [-0.3, -0.25) is 4.79 Å². The molecule has 3 saturated heterocycles. The Morgan fingerprint density at radius 3 is 2.86 bits per heavy atom. The number of carbonyl (C=O) groups is 1. The van der Waals surface area contributed by atoms with Gasteiger partial charge in [-0.05, 0) is 45.0 Å². The third-order valence-corrected chi connectivity index (χ3v) is 7.25. The molecule has 182 valence electrons. The Morgan fingerprint density at radius 2 is 2.17 bits per heavy atom. The number of nitrogens with zero attached hydrogens (tertiary/aromatic N) is 8. The number of anilines is 2. The zero-order valence-electron chi connectivity index (χ0n) is 19.9. The Bertz CT molecular complexity index is 1190. The van der Waals surface area contributed by atoms with Gasteiger partial charge in [-0.1, -0.05) is 6.58 Å². The van der Waals surface area contributed by atoms with E-state index in [-0.39, 0.29) is 23.3 Å². The van der Waals surface area contributed by atoms with Crippen LogP contribution in [0.25, 0.3) is 11.4 Å². The number of aromatic nitrogens is 4. The fraction of sp³-hybridized carbons (Fsp3) is 0.500. The van der Waals surface area contributed by atoms with E-state index in [1.54, 1.807) is 17.2 Å². The maximum Gasteiger partial charge on any atom is 0.319 e. The standard InChI is InChI=1S/C24H29N9O2/c1-3-19(34)33-14-24(15-33)7-10-32(13-24)21-17(11-25)20(18-6-8-27-22(26)28-18)29-23(30-21)35-12-16-5-4-9-31(16)2/h3,6,8,16H,1,4-5,7,9-10,12-15H2,2H3,(H2,26,27,28)/t16-/m0/s1. The Kier molecular flexibility index (Phi) is 5.98. The molecule has 1 amide bonds. The number of carbonyl (C=O) groups excluding carboxylic acids is 1. The van der Waals surface area contributed by atoms with Crippen molar-refractivity contribution < 1.29 is 9.53 Å². The van der Waals surface area contributed by atoms with Crippen LogP contribution in [0.2, 0.25) is 0 Å². The van der Waals surface area contributed by atoms with Gasteiger partial charge in [0.25, 0.3) is 0 Å². The molecule has 0 radical (unpaired) electrons. The first-order chi connectivity index (χ1) is 16.9. The summed E-state index contributed by atoms with van der Waals surface area (Å²) >= 11 is 0. The maximum absolute atomic E-state index is 12.0. The Hall–Kier alpha value is -3.78. The van der Waals surface area contributed by atoms with Crippen molar-refractivity contribution >= 4 is 17.7 Å². The van der Waals surface area contributed by atoms with E-state index in [0.29, 0.717) is 55.1 Å². The third kappa shape index (κ3) is 4.37. The summed E-state index contributed by atoms with van der Waals surface area (Å²) in [4.78, 5) is 35.6. The van der Waals surface area contributed by atoms with Crippen LogP contribution >= 0.6 is 0 Å². The molecule has 3 aliphatic rings. The van der Waals surface area contributed by atoms with Gasteiger partial charge in [0, 0.05) is 43.8 Å². The van der Waals surface area contributed by atoms with Crippen molar-refractivity contribution in [1.82, 2.24) is 29.7 Å². The number of nitrogen functional groups attached to an aromatic ring is 1. The average molecular weight is 476 g/mol. The van der Waals surface area contributed by atoms with Gasteiger partial charge < -0.3 is 25.2 Å². The van der Waals surface area contributed by atoms with E-state index in [0.717, 1.165) is 32.4 Å². The van der Waals surface area contributed by atoms with Crippen molar-refractivity contribution in [1.29, 1.82) is 5.26 Å². The van der Waals surface area contributed by atoms with Gasteiger partial charge in [0.1, 0.15) is 23.9 Å². The van der Waals surface area contributed by atoms with E-state index in [1.165, 1.54) is 6.08 Å². The van der Waals surface area contributed by atoms with Crippen LogP contribution in [0.15, 0.2) is 24.9 Å². The second kappa shape index (κ2) is 9.11. The van der Waals surface area contributed by atoms with Crippen LogP contribution in [0.3, 0.4) is 0 Å². The molecule has 0 saturated carbocycles. The quantitative estimate of drug-likeness (QED) is 0.604.